The van der Waals surface area contributed by atoms with E-state index >= 15 is 0 Å². The molecule has 2 aromatic carbocycles. The van der Waals surface area contributed by atoms with E-state index in [1.807, 2.05) is 47.4 Å². The first-order valence-electron chi connectivity index (χ1n) is 7.92. The Morgan fingerprint density at radius 3 is 2.67 bits per heavy atom. The Balaban J connectivity index is 1.56. The first-order valence-corrected chi connectivity index (χ1v) is 9.12. The summed E-state index contributed by atoms with van der Waals surface area (Å²) in [6, 6.07) is 20.0. The second kappa shape index (κ2) is 6.42. The highest BCUT2D eigenvalue weighted by Gasteiger charge is 2.22. The molecule has 0 bridgehead atoms. The molecule has 0 unspecified atom stereocenters. The van der Waals surface area contributed by atoms with E-state index in [1.54, 1.807) is 0 Å². The fourth-order valence-electron chi connectivity index (χ4n) is 3.07. The van der Waals surface area contributed by atoms with Gasteiger partial charge in [-0.1, -0.05) is 48.0 Å². The van der Waals surface area contributed by atoms with Gasteiger partial charge in [0.15, 0.2) is 0 Å². The van der Waals surface area contributed by atoms with Crippen molar-refractivity contribution in [3.8, 4) is 10.4 Å². The van der Waals surface area contributed by atoms with E-state index in [0.29, 0.717) is 11.6 Å². The van der Waals surface area contributed by atoms with Gasteiger partial charge in [0.25, 0.3) is 5.91 Å². The maximum absolute atomic E-state index is 12.8. The van der Waals surface area contributed by atoms with Gasteiger partial charge in [0, 0.05) is 23.0 Å². The van der Waals surface area contributed by atoms with Crippen molar-refractivity contribution in [2.24, 2.45) is 0 Å². The normalized spacial score (nSPS) is 13.6. The van der Waals surface area contributed by atoms with Gasteiger partial charge in [-0.15, -0.1) is 11.3 Å². The van der Waals surface area contributed by atoms with Crippen molar-refractivity contribution in [1.82, 2.24) is 4.90 Å². The number of thiophene rings is 1. The zero-order chi connectivity index (χ0) is 16.5. The SMILES string of the molecule is O=C(c1ccc(-c2cccc(Cl)c2)s1)N1CCc2ccccc2C1. The fourth-order valence-corrected chi connectivity index (χ4v) is 4.24. The number of carbonyl (C=O) groups excluding carboxylic acids is 1. The van der Waals surface area contributed by atoms with E-state index in [-0.39, 0.29) is 5.91 Å². The Labute approximate surface area is 150 Å². The van der Waals surface area contributed by atoms with Crippen LogP contribution >= 0.6 is 22.9 Å². The molecule has 0 aliphatic carbocycles. The molecule has 4 heteroatoms. The summed E-state index contributed by atoms with van der Waals surface area (Å²) in [5.41, 5.74) is 3.66. The van der Waals surface area contributed by atoms with Gasteiger partial charge in [-0.2, -0.15) is 0 Å². The number of carbonyl (C=O) groups is 1. The lowest BCUT2D eigenvalue weighted by atomic mass is 10.00. The number of amides is 1. The molecule has 1 aliphatic rings. The smallest absolute Gasteiger partial charge is 0.264 e. The monoisotopic (exact) mass is 353 g/mol. The molecule has 3 aromatic rings. The maximum atomic E-state index is 12.8. The van der Waals surface area contributed by atoms with Gasteiger partial charge in [0.1, 0.15) is 0 Å². The van der Waals surface area contributed by atoms with E-state index in [4.69, 9.17) is 11.6 Å². The van der Waals surface area contributed by atoms with Gasteiger partial charge in [-0.05, 0) is 47.4 Å². The van der Waals surface area contributed by atoms with Crippen molar-refractivity contribution < 1.29 is 4.79 Å². The molecule has 0 spiro atoms. The van der Waals surface area contributed by atoms with Gasteiger partial charge in [0.2, 0.25) is 0 Å². The van der Waals surface area contributed by atoms with Crippen LogP contribution in [-0.4, -0.2) is 17.4 Å². The predicted molar refractivity (Wildman–Crippen MR) is 99.7 cm³/mol. The summed E-state index contributed by atoms with van der Waals surface area (Å²) in [5.74, 6) is 0.114. The van der Waals surface area contributed by atoms with Gasteiger partial charge < -0.3 is 4.90 Å². The standard InChI is InChI=1S/C20H16ClNOS/c21-17-7-3-6-15(12-17)18-8-9-19(24-18)20(23)22-11-10-14-4-1-2-5-16(14)13-22/h1-9,12H,10-11,13H2. The van der Waals surface area contributed by atoms with Crippen LogP contribution in [0.3, 0.4) is 0 Å². The highest BCUT2D eigenvalue weighted by molar-refractivity contribution is 7.17. The molecule has 24 heavy (non-hydrogen) atoms. The number of halogens is 1. The lowest BCUT2D eigenvalue weighted by Crippen LogP contribution is -2.35. The molecular weight excluding hydrogens is 338 g/mol. The molecule has 1 aromatic heterocycles. The van der Waals surface area contributed by atoms with Crippen LogP contribution < -0.4 is 0 Å². The number of benzene rings is 2. The second-order valence-corrected chi connectivity index (χ2v) is 7.44. The molecule has 0 fully saturated rings. The molecule has 0 radical (unpaired) electrons. The van der Waals surface area contributed by atoms with Crippen LogP contribution in [0.5, 0.6) is 0 Å². The largest absolute Gasteiger partial charge is 0.333 e. The summed E-state index contributed by atoms with van der Waals surface area (Å²) in [6.07, 6.45) is 0.925. The van der Waals surface area contributed by atoms with Crippen LogP contribution in [0.4, 0.5) is 0 Å². The summed E-state index contributed by atoms with van der Waals surface area (Å²) in [6.45, 7) is 1.47. The average molecular weight is 354 g/mol. The molecular formula is C20H16ClNOS. The van der Waals surface area contributed by atoms with Crippen molar-refractivity contribution in [1.29, 1.82) is 0 Å². The Kier molecular flexibility index (Phi) is 4.13. The van der Waals surface area contributed by atoms with Gasteiger partial charge in [-0.25, -0.2) is 0 Å². The van der Waals surface area contributed by atoms with E-state index < -0.39 is 0 Å². The second-order valence-electron chi connectivity index (χ2n) is 5.92. The van der Waals surface area contributed by atoms with Crippen molar-refractivity contribution >= 4 is 28.8 Å². The van der Waals surface area contributed by atoms with Crippen LogP contribution in [0.15, 0.2) is 60.7 Å². The highest BCUT2D eigenvalue weighted by Crippen LogP contribution is 2.31. The summed E-state index contributed by atoms with van der Waals surface area (Å²) in [4.78, 5) is 16.6. The van der Waals surface area contributed by atoms with Crippen LogP contribution in [0.25, 0.3) is 10.4 Å². The fraction of sp³-hybridized carbons (Fsp3) is 0.150. The predicted octanol–water partition coefficient (Wildman–Crippen LogP) is 5.27. The van der Waals surface area contributed by atoms with Crippen molar-refractivity contribution in [3.63, 3.8) is 0 Å². The van der Waals surface area contributed by atoms with Crippen LogP contribution in [-0.2, 0) is 13.0 Å². The Hall–Kier alpha value is -2.10. The quantitative estimate of drug-likeness (QED) is 0.614. The lowest BCUT2D eigenvalue weighted by Gasteiger charge is -2.28. The molecule has 4 rings (SSSR count). The molecule has 1 amide bonds. The summed E-state index contributed by atoms with van der Waals surface area (Å²) in [5, 5.41) is 0.710. The molecule has 1 aliphatic heterocycles. The molecule has 2 nitrogen and oxygen atoms in total. The minimum Gasteiger partial charge on any atom is -0.333 e. The number of fused-ring (bicyclic) bond motifs is 1. The highest BCUT2D eigenvalue weighted by atomic mass is 35.5. The molecule has 2 heterocycles. The van der Waals surface area contributed by atoms with Crippen molar-refractivity contribution in [2.45, 2.75) is 13.0 Å². The van der Waals surface area contributed by atoms with Gasteiger partial charge in [0.05, 0.1) is 4.88 Å². The Morgan fingerprint density at radius 1 is 1.00 bits per heavy atom. The molecule has 0 saturated heterocycles. The maximum Gasteiger partial charge on any atom is 0.264 e. The average Bonchev–Trinajstić information content (AvgIpc) is 3.11. The van der Waals surface area contributed by atoms with Crippen molar-refractivity contribution in [2.75, 3.05) is 6.54 Å². The minimum absolute atomic E-state index is 0.114. The zero-order valence-corrected chi connectivity index (χ0v) is 14.6. The minimum atomic E-state index is 0.114. The molecule has 120 valence electrons. The third-order valence-electron chi connectivity index (χ3n) is 4.34. The molecule has 0 N–H and O–H groups in total. The molecule has 0 saturated carbocycles. The molecule has 0 atom stereocenters. The van der Waals surface area contributed by atoms with E-state index in [9.17, 15) is 4.79 Å². The first kappa shape index (κ1) is 15.4. The Morgan fingerprint density at radius 2 is 1.83 bits per heavy atom. The lowest BCUT2D eigenvalue weighted by molar-refractivity contribution is 0.0739. The third kappa shape index (κ3) is 2.97. The van der Waals surface area contributed by atoms with Crippen LogP contribution in [0, 0.1) is 0 Å². The van der Waals surface area contributed by atoms with E-state index in [1.165, 1.54) is 22.5 Å². The van der Waals surface area contributed by atoms with Gasteiger partial charge in [-0.3, -0.25) is 4.79 Å². The van der Waals surface area contributed by atoms with E-state index in [0.717, 1.165) is 28.3 Å². The van der Waals surface area contributed by atoms with Crippen molar-refractivity contribution in [3.05, 3.63) is 81.7 Å². The summed E-state index contributed by atoms with van der Waals surface area (Å²) >= 11 is 7.59. The number of rotatable bonds is 2. The number of nitrogens with zero attached hydrogens (tertiary/aromatic N) is 1. The zero-order valence-electron chi connectivity index (χ0n) is 13.0. The van der Waals surface area contributed by atoms with Crippen LogP contribution in [0.2, 0.25) is 5.02 Å². The first-order chi connectivity index (χ1) is 11.7. The van der Waals surface area contributed by atoms with Crippen LogP contribution in [0.1, 0.15) is 20.8 Å². The van der Waals surface area contributed by atoms with Gasteiger partial charge >= 0.3 is 0 Å². The summed E-state index contributed by atoms with van der Waals surface area (Å²) < 4.78 is 0. The number of hydrogen-bond acceptors (Lipinski definition) is 2. The third-order valence-corrected chi connectivity index (χ3v) is 5.70. The Bertz CT molecular complexity index is 902. The summed E-state index contributed by atoms with van der Waals surface area (Å²) in [7, 11) is 0. The number of hydrogen-bond donors (Lipinski definition) is 0. The topological polar surface area (TPSA) is 20.3 Å². The van der Waals surface area contributed by atoms with E-state index in [2.05, 4.69) is 18.2 Å².